The quantitative estimate of drug-likeness (QED) is 0.523. The lowest BCUT2D eigenvalue weighted by atomic mass is 9.94. The molecule has 3 aliphatic heterocycles. The van der Waals surface area contributed by atoms with Crippen molar-refractivity contribution in [2.24, 2.45) is 0 Å². The van der Waals surface area contributed by atoms with Crippen LogP contribution in [0.15, 0.2) is 30.7 Å². The molecular weight excluding hydrogens is 512 g/mol. The molecule has 1 aromatic carbocycles. The molecule has 1 N–H and O–H groups in total. The zero-order valence-corrected chi connectivity index (χ0v) is 23.7. The van der Waals surface area contributed by atoms with Crippen molar-refractivity contribution in [3.8, 4) is 5.75 Å². The summed E-state index contributed by atoms with van der Waals surface area (Å²) in [5.74, 6) is 0.721. The molecule has 11 heteroatoms. The largest absolute Gasteiger partial charge is 0.487 e. The Morgan fingerprint density at radius 1 is 1.12 bits per heavy atom. The molecule has 6 rings (SSSR count). The highest BCUT2D eigenvalue weighted by Crippen LogP contribution is 2.42. The second kappa shape index (κ2) is 9.65. The minimum Gasteiger partial charge on any atom is -0.487 e. The molecule has 0 unspecified atom stereocenters. The highest BCUT2D eigenvalue weighted by atomic mass is 16.6. The molecule has 0 spiro atoms. The van der Waals surface area contributed by atoms with Gasteiger partial charge in [-0.2, -0.15) is 5.10 Å². The number of carbonyl (C=O) groups is 2. The second-order valence-corrected chi connectivity index (χ2v) is 12.4. The van der Waals surface area contributed by atoms with Crippen molar-refractivity contribution in [1.82, 2.24) is 19.5 Å². The molecular formula is C29H36N6O5. The third-order valence-electron chi connectivity index (χ3n) is 7.41. The van der Waals surface area contributed by atoms with Crippen LogP contribution in [-0.2, 0) is 15.9 Å². The van der Waals surface area contributed by atoms with E-state index in [4.69, 9.17) is 14.2 Å². The molecule has 5 heterocycles. The van der Waals surface area contributed by atoms with Crippen LogP contribution in [0.1, 0.15) is 62.0 Å². The molecule has 0 atom stereocenters. The number of hydrogen-bond acceptors (Lipinski definition) is 8. The van der Waals surface area contributed by atoms with Gasteiger partial charge in [0.15, 0.2) is 5.65 Å². The molecule has 0 aliphatic carbocycles. The van der Waals surface area contributed by atoms with Crippen molar-refractivity contribution in [1.29, 1.82) is 0 Å². The topological polar surface area (TPSA) is 111 Å². The van der Waals surface area contributed by atoms with Crippen LogP contribution in [0.2, 0.25) is 0 Å². The number of benzene rings is 1. The number of amides is 2. The Balaban J connectivity index is 1.20. The van der Waals surface area contributed by atoms with E-state index in [1.54, 1.807) is 21.8 Å². The van der Waals surface area contributed by atoms with Gasteiger partial charge in [0.2, 0.25) is 0 Å². The fourth-order valence-corrected chi connectivity index (χ4v) is 5.42. The van der Waals surface area contributed by atoms with Crippen molar-refractivity contribution in [2.45, 2.75) is 58.2 Å². The Morgan fingerprint density at radius 3 is 2.60 bits per heavy atom. The first-order chi connectivity index (χ1) is 19.0. The lowest BCUT2D eigenvalue weighted by Gasteiger charge is -2.39. The molecule has 3 aromatic rings. The number of morpholine rings is 1. The zero-order valence-electron chi connectivity index (χ0n) is 23.7. The number of nitrogens with one attached hydrogen (secondary N) is 1. The van der Waals surface area contributed by atoms with Gasteiger partial charge in [0.05, 0.1) is 30.8 Å². The summed E-state index contributed by atoms with van der Waals surface area (Å²) < 4.78 is 18.8. The zero-order chi connectivity index (χ0) is 28.2. The van der Waals surface area contributed by atoms with Gasteiger partial charge in [-0.05, 0) is 46.2 Å². The molecule has 11 nitrogen and oxygen atoms in total. The molecule has 2 fully saturated rings. The number of likely N-dealkylation sites (tertiary alicyclic amines) is 1. The van der Waals surface area contributed by atoms with Crippen molar-refractivity contribution >= 4 is 29.0 Å². The van der Waals surface area contributed by atoms with E-state index in [0.29, 0.717) is 37.5 Å². The van der Waals surface area contributed by atoms with E-state index < -0.39 is 5.60 Å². The SMILES string of the molecule is CC(C)(C)OC(=O)N1CC(c2cnc3c(C(=O)Nc4cc5c(cc4N4CCOCC4)OC(C)(C)C5)cnn3c2)C1. The molecule has 0 saturated carbocycles. The summed E-state index contributed by atoms with van der Waals surface area (Å²) in [6.45, 7) is 13.5. The van der Waals surface area contributed by atoms with Gasteiger partial charge in [-0.25, -0.2) is 14.3 Å². The van der Waals surface area contributed by atoms with Crippen LogP contribution >= 0.6 is 0 Å². The molecule has 40 heavy (non-hydrogen) atoms. The van der Waals surface area contributed by atoms with E-state index in [1.165, 1.54) is 0 Å². The Labute approximate surface area is 233 Å². The highest BCUT2D eigenvalue weighted by molar-refractivity contribution is 6.09. The van der Waals surface area contributed by atoms with Crippen LogP contribution < -0.4 is 15.0 Å². The number of nitrogens with zero attached hydrogens (tertiary/aromatic N) is 5. The number of rotatable bonds is 4. The van der Waals surface area contributed by atoms with Gasteiger partial charge >= 0.3 is 6.09 Å². The van der Waals surface area contributed by atoms with E-state index in [0.717, 1.165) is 47.8 Å². The van der Waals surface area contributed by atoms with E-state index in [1.807, 2.05) is 39.1 Å². The van der Waals surface area contributed by atoms with Gasteiger partial charge < -0.3 is 29.3 Å². The fourth-order valence-electron chi connectivity index (χ4n) is 5.42. The maximum Gasteiger partial charge on any atom is 0.410 e. The van der Waals surface area contributed by atoms with Crippen LogP contribution in [-0.4, -0.2) is 82.1 Å². The summed E-state index contributed by atoms with van der Waals surface area (Å²) in [7, 11) is 0. The predicted molar refractivity (Wildman–Crippen MR) is 149 cm³/mol. The smallest absolute Gasteiger partial charge is 0.410 e. The monoisotopic (exact) mass is 548 g/mol. The number of anilines is 2. The van der Waals surface area contributed by atoms with Gasteiger partial charge in [-0.3, -0.25) is 4.79 Å². The van der Waals surface area contributed by atoms with Crippen molar-refractivity contribution in [2.75, 3.05) is 49.6 Å². The van der Waals surface area contributed by atoms with Crippen LogP contribution in [0.4, 0.5) is 16.2 Å². The number of hydrogen-bond donors (Lipinski definition) is 1. The average Bonchev–Trinajstić information content (AvgIpc) is 3.40. The van der Waals surface area contributed by atoms with Crippen molar-refractivity contribution in [3.63, 3.8) is 0 Å². The van der Waals surface area contributed by atoms with E-state index >= 15 is 0 Å². The molecule has 2 aromatic heterocycles. The standard InChI is InChI=1S/C29H36N6O5/c1-28(2,3)40-27(37)34-15-20(16-34)19-13-30-25-21(14-31-35(25)17-19)26(36)32-22-10-18-12-29(4,5)39-24(18)11-23(22)33-6-8-38-9-7-33/h10-11,13-14,17,20H,6-9,12,15-16H2,1-5H3,(H,32,36). The number of ether oxygens (including phenoxy) is 3. The third-order valence-corrected chi connectivity index (χ3v) is 7.41. The molecule has 0 radical (unpaired) electrons. The third kappa shape index (κ3) is 5.17. The summed E-state index contributed by atoms with van der Waals surface area (Å²) in [5.41, 5.74) is 3.73. The van der Waals surface area contributed by atoms with Crippen LogP contribution in [0.5, 0.6) is 5.75 Å². The summed E-state index contributed by atoms with van der Waals surface area (Å²) in [4.78, 5) is 34.3. The molecule has 2 amide bonds. The Hall–Kier alpha value is -3.86. The van der Waals surface area contributed by atoms with Crippen LogP contribution in [0.25, 0.3) is 5.65 Å². The van der Waals surface area contributed by atoms with Crippen molar-refractivity contribution in [3.05, 3.63) is 47.4 Å². The van der Waals surface area contributed by atoms with Gasteiger partial charge in [-0.15, -0.1) is 0 Å². The minimum absolute atomic E-state index is 0.139. The summed E-state index contributed by atoms with van der Waals surface area (Å²) >= 11 is 0. The first-order valence-corrected chi connectivity index (χ1v) is 13.8. The summed E-state index contributed by atoms with van der Waals surface area (Å²) in [6, 6.07) is 4.06. The minimum atomic E-state index is -0.526. The number of carbonyl (C=O) groups excluding carboxylic acids is 2. The molecule has 212 valence electrons. The van der Waals surface area contributed by atoms with E-state index in [9.17, 15) is 9.59 Å². The predicted octanol–water partition coefficient (Wildman–Crippen LogP) is 3.87. The molecule has 0 bridgehead atoms. The average molecular weight is 549 g/mol. The highest BCUT2D eigenvalue weighted by Gasteiger charge is 2.35. The van der Waals surface area contributed by atoms with Gasteiger partial charge in [0.25, 0.3) is 5.91 Å². The number of aromatic nitrogens is 3. The van der Waals surface area contributed by atoms with E-state index in [2.05, 4.69) is 34.1 Å². The Morgan fingerprint density at radius 2 is 1.88 bits per heavy atom. The Kier molecular flexibility index (Phi) is 6.36. The molecule has 3 aliphatic rings. The first kappa shape index (κ1) is 26.4. The molecule has 2 saturated heterocycles. The van der Waals surface area contributed by atoms with Gasteiger partial charge in [0, 0.05) is 62.5 Å². The van der Waals surface area contributed by atoms with Gasteiger partial charge in [-0.1, -0.05) is 0 Å². The Bertz CT molecular complexity index is 1460. The summed E-state index contributed by atoms with van der Waals surface area (Å²) in [6.07, 6.45) is 5.64. The second-order valence-electron chi connectivity index (χ2n) is 12.4. The van der Waals surface area contributed by atoms with E-state index in [-0.39, 0.29) is 23.5 Å². The number of fused-ring (bicyclic) bond motifs is 2. The maximum atomic E-state index is 13.5. The maximum absolute atomic E-state index is 13.5. The fraction of sp³-hybridized carbons (Fsp3) is 0.517. The first-order valence-electron chi connectivity index (χ1n) is 13.8. The lowest BCUT2D eigenvalue weighted by molar-refractivity contribution is 0.00811. The lowest BCUT2D eigenvalue weighted by Crippen LogP contribution is -2.50. The van der Waals surface area contributed by atoms with Crippen molar-refractivity contribution < 1.29 is 23.8 Å². The van der Waals surface area contributed by atoms with Gasteiger partial charge in [0.1, 0.15) is 22.5 Å². The normalized spacial score (nSPS) is 18.7. The van der Waals surface area contributed by atoms with Crippen LogP contribution in [0, 0.1) is 0 Å². The van der Waals surface area contributed by atoms with Crippen LogP contribution in [0.3, 0.4) is 0 Å². The summed E-state index contributed by atoms with van der Waals surface area (Å²) in [5, 5.41) is 7.54.